The van der Waals surface area contributed by atoms with E-state index in [4.69, 9.17) is 18.7 Å². The average Bonchev–Trinajstić information content (AvgIpc) is 3.39. The Kier molecular flexibility index (Phi) is 8.03. The van der Waals surface area contributed by atoms with Crippen molar-refractivity contribution < 1.29 is 40.7 Å². The van der Waals surface area contributed by atoms with E-state index in [-0.39, 0.29) is 24.5 Å². The topological polar surface area (TPSA) is 57.0 Å². The summed E-state index contributed by atoms with van der Waals surface area (Å²) in [4.78, 5) is 2.34. The Hall–Kier alpha value is -2.79. The molecule has 2 bridgehead atoms. The van der Waals surface area contributed by atoms with E-state index in [0.29, 0.717) is 36.3 Å². The molecule has 37 heavy (non-hydrogen) atoms. The fourth-order valence-electron chi connectivity index (χ4n) is 5.46. The smallest absolute Gasteiger partial charge is 0.207 e. The van der Waals surface area contributed by atoms with Gasteiger partial charge in [-0.15, -0.1) is 12.4 Å². The molecule has 202 valence electrons. The first-order valence-electron chi connectivity index (χ1n) is 11.8. The fourth-order valence-corrected chi connectivity index (χ4v) is 5.46. The molecule has 2 atom stereocenters. The van der Waals surface area contributed by atoms with Crippen molar-refractivity contribution in [1.82, 2.24) is 10.1 Å². The molecule has 2 aliphatic rings. The van der Waals surface area contributed by atoms with Crippen LogP contribution in [-0.2, 0) is 6.42 Å². The molecule has 3 heterocycles. The first-order chi connectivity index (χ1) is 17.3. The van der Waals surface area contributed by atoms with Crippen LogP contribution >= 0.6 is 12.4 Å². The van der Waals surface area contributed by atoms with Crippen molar-refractivity contribution in [3.05, 3.63) is 46.9 Å². The molecule has 3 aromatic rings. The molecule has 12 heteroatoms. The van der Waals surface area contributed by atoms with Crippen molar-refractivity contribution >= 4 is 23.4 Å². The number of fused-ring (bicyclic) bond motifs is 3. The molecule has 0 radical (unpaired) electrons. The van der Waals surface area contributed by atoms with Gasteiger partial charge in [-0.05, 0) is 51.1 Å². The zero-order valence-corrected chi connectivity index (χ0v) is 21.0. The van der Waals surface area contributed by atoms with Gasteiger partial charge in [0, 0.05) is 23.5 Å². The zero-order chi connectivity index (χ0) is 25.6. The molecule has 0 aliphatic carbocycles. The summed E-state index contributed by atoms with van der Waals surface area (Å²) < 4.78 is 90.0. The first kappa shape index (κ1) is 27.3. The van der Waals surface area contributed by atoms with Crippen molar-refractivity contribution in [2.45, 2.75) is 56.7 Å². The van der Waals surface area contributed by atoms with E-state index in [1.54, 1.807) is 20.3 Å². The molecule has 6 nitrogen and oxygen atoms in total. The number of aryl methyl sites for hydroxylation is 1. The van der Waals surface area contributed by atoms with Crippen molar-refractivity contribution in [3.8, 4) is 17.2 Å². The Labute approximate surface area is 216 Å². The van der Waals surface area contributed by atoms with Gasteiger partial charge in [-0.25, -0.2) is 13.2 Å². The molecule has 0 spiro atoms. The predicted octanol–water partition coefficient (Wildman–Crippen LogP) is 5.97. The number of halogens is 6. The molecule has 2 saturated heterocycles. The summed E-state index contributed by atoms with van der Waals surface area (Å²) >= 11 is 0. The third-order valence-corrected chi connectivity index (χ3v) is 7.18. The van der Waals surface area contributed by atoms with Crippen LogP contribution in [0.5, 0.6) is 17.2 Å². The van der Waals surface area contributed by atoms with Gasteiger partial charge in [-0.2, -0.15) is 8.78 Å². The number of benzene rings is 2. The van der Waals surface area contributed by atoms with E-state index in [2.05, 4.69) is 10.1 Å². The summed E-state index contributed by atoms with van der Waals surface area (Å²) in [6.07, 6.45) is 3.49. The van der Waals surface area contributed by atoms with Crippen LogP contribution in [0.3, 0.4) is 0 Å². The molecule has 2 fully saturated rings. The van der Waals surface area contributed by atoms with Crippen LogP contribution < -0.4 is 14.2 Å². The van der Waals surface area contributed by atoms with Crippen molar-refractivity contribution in [1.29, 1.82) is 0 Å². The standard InChI is InChI=1S/C25H25F5N2O4.ClH/c1-33-18-10-15-16(31-36-17(15)11-19(18)34-2)4-3-7-32-12-5-6-13(32)9-14(8-12)35-25-23(29)21(27)20(26)22(28)24(25)30;/h10-14H,3-9H2,1-2H3;1H. The lowest BCUT2D eigenvalue weighted by molar-refractivity contribution is 0.0433. The van der Waals surface area contributed by atoms with E-state index in [9.17, 15) is 22.0 Å². The second-order valence-electron chi connectivity index (χ2n) is 9.17. The van der Waals surface area contributed by atoms with E-state index in [0.717, 1.165) is 36.9 Å². The lowest BCUT2D eigenvalue weighted by Gasteiger charge is -2.39. The zero-order valence-electron chi connectivity index (χ0n) is 20.2. The molecule has 0 N–H and O–H groups in total. The van der Waals surface area contributed by atoms with Gasteiger partial charge in [0.05, 0.1) is 19.9 Å². The minimum absolute atomic E-state index is 0. The predicted molar refractivity (Wildman–Crippen MR) is 126 cm³/mol. The monoisotopic (exact) mass is 548 g/mol. The van der Waals surface area contributed by atoms with Gasteiger partial charge in [0.2, 0.25) is 29.1 Å². The number of methoxy groups -OCH3 is 2. The Balaban J connectivity index is 0.00000320. The van der Waals surface area contributed by atoms with Gasteiger partial charge >= 0.3 is 0 Å². The maximum Gasteiger partial charge on any atom is 0.207 e. The number of rotatable bonds is 8. The van der Waals surface area contributed by atoms with E-state index in [1.165, 1.54) is 0 Å². The second-order valence-corrected chi connectivity index (χ2v) is 9.17. The van der Waals surface area contributed by atoms with Crippen molar-refractivity contribution in [3.63, 3.8) is 0 Å². The third-order valence-electron chi connectivity index (χ3n) is 7.18. The summed E-state index contributed by atoms with van der Waals surface area (Å²) in [5, 5.41) is 5.05. The summed E-state index contributed by atoms with van der Waals surface area (Å²) in [6, 6.07) is 3.79. The normalized spacial score (nSPS) is 21.2. The Bertz CT molecular complexity index is 1250. The molecular formula is C25H26ClF5N2O4. The van der Waals surface area contributed by atoms with Gasteiger partial charge in [0.1, 0.15) is 6.10 Å². The average molecular weight is 549 g/mol. The van der Waals surface area contributed by atoms with Gasteiger partial charge in [-0.3, -0.25) is 4.90 Å². The van der Waals surface area contributed by atoms with Crippen LogP contribution in [0.1, 0.15) is 37.8 Å². The first-order valence-corrected chi connectivity index (χ1v) is 11.8. The Morgan fingerprint density at radius 1 is 0.892 bits per heavy atom. The molecule has 0 amide bonds. The van der Waals surface area contributed by atoms with Crippen LogP contribution in [0.4, 0.5) is 22.0 Å². The molecule has 2 aromatic carbocycles. The second kappa shape index (κ2) is 10.9. The van der Waals surface area contributed by atoms with E-state index < -0.39 is 40.9 Å². The third kappa shape index (κ3) is 4.90. The quantitative estimate of drug-likeness (QED) is 0.196. The number of hydrogen-bond acceptors (Lipinski definition) is 6. The Morgan fingerprint density at radius 3 is 2.05 bits per heavy atom. The van der Waals surface area contributed by atoms with E-state index >= 15 is 0 Å². The summed E-state index contributed by atoms with van der Waals surface area (Å²) in [7, 11) is 3.11. The van der Waals surface area contributed by atoms with Crippen LogP contribution in [0.15, 0.2) is 16.7 Å². The highest BCUT2D eigenvalue weighted by molar-refractivity contribution is 5.85. The van der Waals surface area contributed by atoms with Gasteiger partial charge < -0.3 is 18.7 Å². The van der Waals surface area contributed by atoms with E-state index in [1.807, 2.05) is 6.07 Å². The highest BCUT2D eigenvalue weighted by Gasteiger charge is 2.42. The van der Waals surface area contributed by atoms with Crippen LogP contribution in [0.25, 0.3) is 11.0 Å². The molecule has 1 aromatic heterocycles. The van der Waals surface area contributed by atoms with Crippen LogP contribution in [0.2, 0.25) is 0 Å². The van der Waals surface area contributed by atoms with Crippen molar-refractivity contribution in [2.24, 2.45) is 0 Å². The number of ether oxygens (including phenoxy) is 3. The maximum absolute atomic E-state index is 14.1. The maximum atomic E-state index is 14.1. The largest absolute Gasteiger partial charge is 0.493 e. The minimum atomic E-state index is -2.19. The fraction of sp³-hybridized carbons (Fsp3) is 0.480. The molecule has 0 saturated carbocycles. The van der Waals surface area contributed by atoms with Crippen LogP contribution in [0, 0.1) is 29.1 Å². The number of aromatic nitrogens is 1. The summed E-state index contributed by atoms with van der Waals surface area (Å²) in [5.41, 5.74) is 1.41. The Morgan fingerprint density at radius 2 is 1.46 bits per heavy atom. The number of nitrogens with zero attached hydrogens (tertiary/aromatic N) is 2. The highest BCUT2D eigenvalue weighted by Crippen LogP contribution is 2.39. The number of piperidine rings is 1. The summed E-state index contributed by atoms with van der Waals surface area (Å²) in [5.74, 6) is -10.1. The molecule has 2 unspecified atom stereocenters. The van der Waals surface area contributed by atoms with Crippen LogP contribution in [-0.4, -0.2) is 49.0 Å². The molecule has 2 aliphatic heterocycles. The molecular weight excluding hydrogens is 523 g/mol. The summed E-state index contributed by atoms with van der Waals surface area (Å²) in [6.45, 7) is 0.770. The van der Waals surface area contributed by atoms with Gasteiger partial charge in [0.15, 0.2) is 22.8 Å². The minimum Gasteiger partial charge on any atom is -0.493 e. The highest BCUT2D eigenvalue weighted by atomic mass is 35.5. The lowest BCUT2D eigenvalue weighted by atomic mass is 9.99. The molecule has 5 rings (SSSR count). The van der Waals surface area contributed by atoms with Gasteiger partial charge in [0.25, 0.3) is 0 Å². The van der Waals surface area contributed by atoms with Gasteiger partial charge in [-0.1, -0.05) is 5.16 Å². The number of hydrogen-bond donors (Lipinski definition) is 0. The lowest BCUT2D eigenvalue weighted by Crippen LogP contribution is -2.46. The SMILES string of the molecule is COc1cc2onc(CCCN3C4CCC3CC(Oc3c(F)c(F)c(F)c(F)c3F)C4)c2cc1OC.Cl. The van der Waals surface area contributed by atoms with Crippen molar-refractivity contribution in [2.75, 3.05) is 20.8 Å².